The normalized spacial score (nSPS) is 11.4. The van der Waals surface area contributed by atoms with Crippen LogP contribution in [0.5, 0.6) is 11.5 Å². The summed E-state index contributed by atoms with van der Waals surface area (Å²) in [5.41, 5.74) is 5.56. The molecule has 0 saturated heterocycles. The summed E-state index contributed by atoms with van der Waals surface area (Å²) in [5, 5.41) is 11.4. The molecule has 3 N–H and O–H groups in total. The van der Waals surface area contributed by atoms with Crippen LogP contribution in [0.1, 0.15) is 5.69 Å². The fraction of sp³-hybridized carbons (Fsp3) is 0. The highest BCUT2D eigenvalue weighted by Gasteiger charge is 2.13. The minimum Gasteiger partial charge on any atom is -0.452 e. The molecule has 7 heteroatoms. The first-order valence-electron chi connectivity index (χ1n) is 5.18. The molecule has 0 amide bonds. The third kappa shape index (κ3) is 2.74. The van der Waals surface area contributed by atoms with E-state index in [-0.39, 0.29) is 28.1 Å². The van der Waals surface area contributed by atoms with Crippen LogP contribution in [-0.4, -0.2) is 16.0 Å². The lowest BCUT2D eigenvalue weighted by Gasteiger charge is -2.10. The van der Waals surface area contributed by atoms with Crippen LogP contribution >= 0.6 is 11.6 Å². The number of nitrogens with zero attached hydrogens (tertiary/aromatic N) is 2. The Morgan fingerprint density at radius 2 is 2.05 bits per heavy atom. The molecule has 0 saturated carbocycles. The summed E-state index contributed by atoms with van der Waals surface area (Å²) in [6.45, 7) is 0. The van der Waals surface area contributed by atoms with E-state index in [1.54, 1.807) is 12.1 Å². The molecule has 1 heterocycles. The maximum absolute atomic E-state index is 13.7. The maximum Gasteiger partial charge on any atom is 0.192 e. The van der Waals surface area contributed by atoms with Crippen molar-refractivity contribution in [2.45, 2.75) is 0 Å². The van der Waals surface area contributed by atoms with E-state index in [0.717, 1.165) is 0 Å². The van der Waals surface area contributed by atoms with Crippen molar-refractivity contribution in [2.75, 3.05) is 0 Å². The lowest BCUT2D eigenvalue weighted by Crippen LogP contribution is -2.16. The van der Waals surface area contributed by atoms with E-state index in [9.17, 15) is 4.39 Å². The number of hydrogen-bond acceptors (Lipinski definition) is 4. The van der Waals surface area contributed by atoms with Gasteiger partial charge in [-0.2, -0.15) is 0 Å². The number of halogens is 2. The summed E-state index contributed by atoms with van der Waals surface area (Å²) < 4.78 is 19.1. The average molecular weight is 282 g/mol. The van der Waals surface area contributed by atoms with Crippen LogP contribution in [0.2, 0.25) is 5.02 Å². The standard InChI is InChI=1S/C12H9ClFN3O2/c13-7-3-1-4-8(10(7)14)19-9-5-2-6-16-11(9)12(15)17-18/h1-6,18H,(H2,15,17). The number of oxime groups is 1. The Balaban J connectivity index is 2.42. The van der Waals surface area contributed by atoms with Gasteiger partial charge in [0.05, 0.1) is 5.02 Å². The van der Waals surface area contributed by atoms with Crippen LogP contribution in [0.3, 0.4) is 0 Å². The highest BCUT2D eigenvalue weighted by Crippen LogP contribution is 2.29. The summed E-state index contributed by atoms with van der Waals surface area (Å²) in [6, 6.07) is 7.44. The van der Waals surface area contributed by atoms with Gasteiger partial charge in [0.2, 0.25) is 0 Å². The van der Waals surface area contributed by atoms with Crippen LogP contribution in [0, 0.1) is 5.82 Å². The average Bonchev–Trinajstić information content (AvgIpc) is 2.43. The van der Waals surface area contributed by atoms with E-state index in [1.807, 2.05) is 0 Å². The first-order valence-corrected chi connectivity index (χ1v) is 5.56. The van der Waals surface area contributed by atoms with Crippen LogP contribution < -0.4 is 10.5 Å². The molecule has 0 unspecified atom stereocenters. The minimum atomic E-state index is -0.696. The second-order valence-electron chi connectivity index (χ2n) is 3.49. The SMILES string of the molecule is N/C(=N/O)c1ncccc1Oc1cccc(Cl)c1F. The van der Waals surface area contributed by atoms with Gasteiger partial charge < -0.3 is 15.7 Å². The minimum absolute atomic E-state index is 0.0632. The molecule has 0 aliphatic heterocycles. The Bertz CT molecular complexity index is 634. The van der Waals surface area contributed by atoms with Crippen molar-refractivity contribution in [1.29, 1.82) is 0 Å². The summed E-state index contributed by atoms with van der Waals surface area (Å²) in [5.74, 6) is -0.858. The first-order chi connectivity index (χ1) is 9.13. The Hall–Kier alpha value is -2.34. The van der Waals surface area contributed by atoms with E-state index in [2.05, 4.69) is 10.1 Å². The molecule has 19 heavy (non-hydrogen) atoms. The Kier molecular flexibility index (Phi) is 3.82. The van der Waals surface area contributed by atoms with E-state index >= 15 is 0 Å². The summed E-state index contributed by atoms with van der Waals surface area (Å²) in [6.07, 6.45) is 1.44. The second kappa shape index (κ2) is 5.53. The summed E-state index contributed by atoms with van der Waals surface area (Å²) in [7, 11) is 0. The Labute approximate surface area is 113 Å². The van der Waals surface area contributed by atoms with Crippen molar-refractivity contribution in [3.63, 3.8) is 0 Å². The zero-order chi connectivity index (χ0) is 13.8. The van der Waals surface area contributed by atoms with Crippen molar-refractivity contribution in [2.24, 2.45) is 10.9 Å². The lowest BCUT2D eigenvalue weighted by molar-refractivity contribution is 0.318. The van der Waals surface area contributed by atoms with Gasteiger partial charge in [-0.3, -0.25) is 0 Å². The molecule has 0 radical (unpaired) electrons. The summed E-state index contributed by atoms with van der Waals surface area (Å²) in [4.78, 5) is 3.90. The van der Waals surface area contributed by atoms with Crippen LogP contribution in [0.15, 0.2) is 41.7 Å². The van der Waals surface area contributed by atoms with Gasteiger partial charge in [-0.15, -0.1) is 0 Å². The number of aromatic nitrogens is 1. The van der Waals surface area contributed by atoms with E-state index < -0.39 is 5.82 Å². The third-order valence-corrected chi connectivity index (χ3v) is 2.55. The molecule has 0 spiro atoms. The largest absolute Gasteiger partial charge is 0.452 e. The zero-order valence-corrected chi connectivity index (χ0v) is 10.3. The van der Waals surface area contributed by atoms with Crippen molar-refractivity contribution in [3.05, 3.63) is 53.1 Å². The number of pyridine rings is 1. The van der Waals surface area contributed by atoms with Gasteiger partial charge >= 0.3 is 0 Å². The van der Waals surface area contributed by atoms with Gasteiger partial charge in [0, 0.05) is 6.20 Å². The zero-order valence-electron chi connectivity index (χ0n) is 9.55. The molecule has 0 fully saturated rings. The molecular formula is C12H9ClFN3O2. The number of nitrogens with two attached hydrogens (primary N) is 1. The molecule has 0 aliphatic carbocycles. The van der Waals surface area contributed by atoms with Gasteiger partial charge in [-0.1, -0.05) is 22.8 Å². The molecule has 0 aliphatic rings. The third-order valence-electron chi connectivity index (χ3n) is 2.26. The van der Waals surface area contributed by atoms with Gasteiger partial charge in [0.15, 0.2) is 28.8 Å². The molecule has 5 nitrogen and oxygen atoms in total. The predicted octanol–water partition coefficient (Wildman–Crippen LogP) is 2.76. The van der Waals surface area contributed by atoms with Gasteiger partial charge in [-0.05, 0) is 24.3 Å². The molecule has 1 aromatic heterocycles. The predicted molar refractivity (Wildman–Crippen MR) is 68.2 cm³/mol. The maximum atomic E-state index is 13.7. The van der Waals surface area contributed by atoms with Crippen LogP contribution in [-0.2, 0) is 0 Å². The molecular weight excluding hydrogens is 273 g/mol. The lowest BCUT2D eigenvalue weighted by atomic mass is 10.3. The van der Waals surface area contributed by atoms with Crippen molar-refractivity contribution in [3.8, 4) is 11.5 Å². The monoisotopic (exact) mass is 281 g/mol. The quantitative estimate of drug-likeness (QED) is 0.392. The van der Waals surface area contributed by atoms with Crippen molar-refractivity contribution in [1.82, 2.24) is 4.98 Å². The first kappa shape index (κ1) is 13.1. The van der Waals surface area contributed by atoms with E-state index in [0.29, 0.717) is 0 Å². The highest BCUT2D eigenvalue weighted by atomic mass is 35.5. The topological polar surface area (TPSA) is 80.7 Å². The van der Waals surface area contributed by atoms with E-state index in [1.165, 1.54) is 24.4 Å². The smallest absolute Gasteiger partial charge is 0.192 e. The van der Waals surface area contributed by atoms with Gasteiger partial charge in [0.1, 0.15) is 0 Å². The van der Waals surface area contributed by atoms with Gasteiger partial charge in [-0.25, -0.2) is 9.37 Å². The molecule has 0 bridgehead atoms. The number of benzene rings is 1. The molecule has 2 aromatic rings. The Morgan fingerprint density at radius 1 is 1.32 bits per heavy atom. The number of hydrogen-bond donors (Lipinski definition) is 2. The van der Waals surface area contributed by atoms with Gasteiger partial charge in [0.25, 0.3) is 0 Å². The fourth-order valence-electron chi connectivity index (χ4n) is 1.39. The highest BCUT2D eigenvalue weighted by molar-refractivity contribution is 6.30. The Morgan fingerprint density at radius 3 is 2.79 bits per heavy atom. The van der Waals surface area contributed by atoms with E-state index in [4.69, 9.17) is 27.3 Å². The second-order valence-corrected chi connectivity index (χ2v) is 3.90. The molecule has 1 aromatic carbocycles. The number of ether oxygens (including phenoxy) is 1. The fourth-order valence-corrected chi connectivity index (χ4v) is 1.56. The van der Waals surface area contributed by atoms with Crippen LogP contribution in [0.4, 0.5) is 4.39 Å². The summed E-state index contributed by atoms with van der Waals surface area (Å²) >= 11 is 5.65. The molecule has 98 valence electrons. The number of amidine groups is 1. The van der Waals surface area contributed by atoms with Crippen molar-refractivity contribution < 1.29 is 14.3 Å². The molecule has 0 atom stereocenters. The van der Waals surface area contributed by atoms with Crippen LogP contribution in [0.25, 0.3) is 0 Å². The molecule has 2 rings (SSSR count). The number of rotatable bonds is 3. The van der Waals surface area contributed by atoms with Crippen molar-refractivity contribution >= 4 is 17.4 Å².